The second-order valence-electron chi connectivity index (χ2n) is 10.7. The van der Waals surface area contributed by atoms with E-state index in [0.717, 1.165) is 53.6 Å². The summed E-state index contributed by atoms with van der Waals surface area (Å²) >= 11 is 0. The molecule has 0 aromatic heterocycles. The van der Waals surface area contributed by atoms with Crippen molar-refractivity contribution >= 4 is 23.7 Å². The number of hydrogen-bond donors (Lipinski definition) is 1. The smallest absolute Gasteiger partial charge is 0.414 e. The average Bonchev–Trinajstić information content (AvgIpc) is 3.78. The summed E-state index contributed by atoms with van der Waals surface area (Å²) in [5.41, 5.74) is 4.71. The summed E-state index contributed by atoms with van der Waals surface area (Å²) in [6.45, 7) is 0.191. The zero-order valence-electron chi connectivity index (χ0n) is 21.7. The van der Waals surface area contributed by atoms with Gasteiger partial charge in [0.1, 0.15) is 6.61 Å². The molecule has 7 heteroatoms. The Morgan fingerprint density at radius 3 is 2.21 bits per heavy atom. The van der Waals surface area contributed by atoms with E-state index < -0.39 is 5.97 Å². The standard InChI is InChI=1S/C32H32N2O5/c35-29(17-18-30(36)37)33(24-12-13-24)31-25-14-16-27(25)34(32(38)39-20-21-7-3-1-4-8-21)28-15-11-23(19-26(28)31)22-9-5-2-6-10-22/h1-11,15,19,24-25,27,31H,12-14,16-18,20H2,(H,36,37). The summed E-state index contributed by atoms with van der Waals surface area (Å²) in [6, 6.07) is 25.7. The molecule has 0 radical (unpaired) electrons. The maximum absolute atomic E-state index is 13.6. The van der Waals surface area contributed by atoms with E-state index in [1.807, 2.05) is 77.7 Å². The van der Waals surface area contributed by atoms with Crippen LogP contribution in [-0.2, 0) is 20.9 Å². The first-order chi connectivity index (χ1) is 19.0. The van der Waals surface area contributed by atoms with E-state index in [4.69, 9.17) is 4.74 Å². The van der Waals surface area contributed by atoms with Crippen LogP contribution < -0.4 is 4.90 Å². The third kappa shape index (κ3) is 5.01. The van der Waals surface area contributed by atoms with Crippen molar-refractivity contribution in [2.24, 2.45) is 5.92 Å². The fourth-order valence-electron chi connectivity index (χ4n) is 6.09. The zero-order chi connectivity index (χ0) is 26.9. The predicted molar refractivity (Wildman–Crippen MR) is 147 cm³/mol. The van der Waals surface area contributed by atoms with Gasteiger partial charge in [-0.2, -0.15) is 0 Å². The zero-order valence-corrected chi connectivity index (χ0v) is 21.7. The highest BCUT2D eigenvalue weighted by molar-refractivity contribution is 5.92. The molecule has 0 bridgehead atoms. The number of ether oxygens (including phenoxy) is 1. The fraction of sp³-hybridized carbons (Fsp3) is 0.344. The molecule has 1 aliphatic heterocycles. The molecule has 0 spiro atoms. The van der Waals surface area contributed by atoms with Crippen LogP contribution >= 0.6 is 0 Å². The third-order valence-electron chi connectivity index (χ3n) is 8.22. The minimum absolute atomic E-state index is 0.0176. The van der Waals surface area contributed by atoms with Crippen LogP contribution in [0.25, 0.3) is 11.1 Å². The van der Waals surface area contributed by atoms with Crippen molar-refractivity contribution in [3.05, 3.63) is 90.0 Å². The van der Waals surface area contributed by atoms with Crippen molar-refractivity contribution < 1.29 is 24.2 Å². The lowest BCUT2D eigenvalue weighted by molar-refractivity contribution is -0.143. The van der Waals surface area contributed by atoms with Gasteiger partial charge in [0, 0.05) is 24.4 Å². The molecule has 39 heavy (non-hydrogen) atoms. The van der Waals surface area contributed by atoms with Gasteiger partial charge >= 0.3 is 12.1 Å². The Morgan fingerprint density at radius 1 is 0.846 bits per heavy atom. The van der Waals surface area contributed by atoms with E-state index in [1.165, 1.54) is 0 Å². The first-order valence-electron chi connectivity index (χ1n) is 13.7. The molecule has 2 fully saturated rings. The first-order valence-corrected chi connectivity index (χ1v) is 13.7. The molecule has 3 atom stereocenters. The van der Waals surface area contributed by atoms with Crippen LogP contribution in [0.3, 0.4) is 0 Å². The Hall–Kier alpha value is -4.13. The van der Waals surface area contributed by atoms with E-state index in [9.17, 15) is 19.5 Å². The second kappa shape index (κ2) is 10.6. The Bertz CT molecular complexity index is 1370. The Labute approximate surface area is 228 Å². The molecule has 200 valence electrons. The SMILES string of the molecule is O=C(O)CCC(=O)N(C1CC1)C1c2cc(-c3ccccc3)ccc2N(C(=O)OCc2ccccc2)C2CCC21. The molecule has 3 aromatic rings. The summed E-state index contributed by atoms with van der Waals surface area (Å²) in [4.78, 5) is 42.1. The molecule has 3 unspecified atom stereocenters. The minimum atomic E-state index is -0.969. The van der Waals surface area contributed by atoms with Crippen molar-refractivity contribution in [3.63, 3.8) is 0 Å². The van der Waals surface area contributed by atoms with Crippen molar-refractivity contribution in [2.75, 3.05) is 4.90 Å². The Balaban J connectivity index is 1.38. The van der Waals surface area contributed by atoms with Gasteiger partial charge in [-0.15, -0.1) is 0 Å². The molecule has 7 nitrogen and oxygen atoms in total. The number of rotatable bonds is 8. The van der Waals surface area contributed by atoms with Gasteiger partial charge in [-0.1, -0.05) is 66.7 Å². The summed E-state index contributed by atoms with van der Waals surface area (Å²) < 4.78 is 5.80. The summed E-state index contributed by atoms with van der Waals surface area (Å²) in [5, 5.41) is 9.23. The fourth-order valence-corrected chi connectivity index (χ4v) is 6.09. The van der Waals surface area contributed by atoms with Gasteiger partial charge in [-0.25, -0.2) is 4.79 Å². The topological polar surface area (TPSA) is 87.2 Å². The lowest BCUT2D eigenvalue weighted by Crippen LogP contribution is -2.59. The third-order valence-corrected chi connectivity index (χ3v) is 8.22. The molecular weight excluding hydrogens is 492 g/mol. The molecule has 1 N–H and O–H groups in total. The van der Waals surface area contributed by atoms with Crippen molar-refractivity contribution in [2.45, 2.75) is 63.3 Å². The van der Waals surface area contributed by atoms with Crippen LogP contribution in [0, 0.1) is 5.92 Å². The van der Waals surface area contributed by atoms with E-state index >= 15 is 0 Å². The lowest BCUT2D eigenvalue weighted by Gasteiger charge is -2.54. The number of carboxylic acid groups (broad SMARTS) is 1. The number of aliphatic carboxylic acids is 1. The number of anilines is 1. The average molecular weight is 525 g/mol. The molecular formula is C32H32N2O5. The van der Waals surface area contributed by atoms with Gasteiger partial charge in [-0.05, 0) is 60.1 Å². The molecule has 3 aliphatic rings. The number of hydrogen-bond acceptors (Lipinski definition) is 4. The van der Waals surface area contributed by atoms with Gasteiger partial charge in [0.25, 0.3) is 0 Å². The summed E-state index contributed by atoms with van der Waals surface area (Å²) in [7, 11) is 0. The first kappa shape index (κ1) is 25.2. The Morgan fingerprint density at radius 2 is 1.56 bits per heavy atom. The van der Waals surface area contributed by atoms with Crippen molar-refractivity contribution in [1.29, 1.82) is 0 Å². The number of fused-ring (bicyclic) bond motifs is 2. The van der Waals surface area contributed by atoms with Crippen molar-refractivity contribution in [3.8, 4) is 11.1 Å². The van der Waals surface area contributed by atoms with Crippen LogP contribution in [0.4, 0.5) is 10.5 Å². The monoisotopic (exact) mass is 524 g/mol. The van der Waals surface area contributed by atoms with E-state index in [2.05, 4.69) is 6.07 Å². The maximum atomic E-state index is 13.6. The number of carbonyl (C=O) groups excluding carboxylic acids is 2. The normalized spacial score (nSPS) is 21.2. The molecule has 3 aromatic carbocycles. The number of amides is 2. The number of nitrogens with zero attached hydrogens (tertiary/aromatic N) is 2. The van der Waals surface area contributed by atoms with E-state index in [1.54, 1.807) is 4.90 Å². The van der Waals surface area contributed by atoms with Crippen molar-refractivity contribution in [1.82, 2.24) is 4.90 Å². The van der Waals surface area contributed by atoms with E-state index in [-0.39, 0.29) is 55.5 Å². The molecule has 0 saturated heterocycles. The highest BCUT2D eigenvalue weighted by atomic mass is 16.6. The predicted octanol–water partition coefficient (Wildman–Crippen LogP) is 6.19. The largest absolute Gasteiger partial charge is 0.481 e. The second-order valence-corrected chi connectivity index (χ2v) is 10.7. The van der Waals surface area contributed by atoms with E-state index in [0.29, 0.717) is 0 Å². The number of carboxylic acids is 1. The van der Waals surface area contributed by atoms with Gasteiger partial charge in [0.05, 0.1) is 18.2 Å². The highest BCUT2D eigenvalue weighted by Crippen LogP contribution is 2.55. The van der Waals surface area contributed by atoms with Gasteiger partial charge in [0.2, 0.25) is 5.91 Å². The summed E-state index contributed by atoms with van der Waals surface area (Å²) in [6.07, 6.45) is 2.99. The van der Waals surface area contributed by atoms with Crippen LogP contribution in [0.1, 0.15) is 55.7 Å². The molecule has 2 saturated carbocycles. The maximum Gasteiger partial charge on any atom is 0.414 e. The highest BCUT2D eigenvalue weighted by Gasteiger charge is 2.53. The van der Waals surface area contributed by atoms with Crippen LogP contribution in [0.5, 0.6) is 0 Å². The molecule has 2 aliphatic carbocycles. The lowest BCUT2D eigenvalue weighted by atomic mass is 9.67. The number of benzene rings is 3. The van der Waals surface area contributed by atoms with Gasteiger partial charge < -0.3 is 14.7 Å². The number of carbonyl (C=O) groups is 3. The quantitative estimate of drug-likeness (QED) is 0.380. The van der Waals surface area contributed by atoms with Crippen LogP contribution in [0.15, 0.2) is 78.9 Å². The Kier molecular flexibility index (Phi) is 6.81. The molecule has 6 rings (SSSR count). The van der Waals surface area contributed by atoms with Gasteiger partial charge in [-0.3, -0.25) is 14.5 Å². The van der Waals surface area contributed by atoms with Crippen LogP contribution in [0.2, 0.25) is 0 Å². The van der Waals surface area contributed by atoms with Gasteiger partial charge in [0.15, 0.2) is 0 Å². The summed E-state index contributed by atoms with van der Waals surface area (Å²) in [5.74, 6) is -1.02. The minimum Gasteiger partial charge on any atom is -0.481 e. The molecule has 2 amide bonds. The van der Waals surface area contributed by atoms with Crippen LogP contribution in [-0.4, -0.2) is 40.1 Å². The molecule has 1 heterocycles.